The average molecular weight is 301 g/mol. The lowest BCUT2D eigenvalue weighted by atomic mass is 10.0. The van der Waals surface area contributed by atoms with Gasteiger partial charge < -0.3 is 10.2 Å². The van der Waals surface area contributed by atoms with E-state index >= 15 is 0 Å². The fourth-order valence-electron chi connectivity index (χ4n) is 3.31. The summed E-state index contributed by atoms with van der Waals surface area (Å²) in [6, 6.07) is 0. The first-order valence-electron chi connectivity index (χ1n) is 8.04. The fraction of sp³-hybridized carbons (Fsp3) is 1.00. The Morgan fingerprint density at radius 2 is 1.55 bits per heavy atom. The van der Waals surface area contributed by atoms with Crippen molar-refractivity contribution in [3.63, 3.8) is 0 Å². The largest absolute Gasteiger partial charge is 0.317 e. The number of hydrogen-bond donors (Lipinski definition) is 1. The van der Waals surface area contributed by atoms with Gasteiger partial charge in [0.2, 0.25) is 10.0 Å². The molecule has 3 fully saturated rings. The average Bonchev–Trinajstić information content (AvgIpc) is 3.24. The minimum absolute atomic E-state index is 0.353. The molecule has 0 spiro atoms. The molecule has 5 nitrogen and oxygen atoms in total. The smallest absolute Gasteiger partial charge is 0.214 e. The van der Waals surface area contributed by atoms with Crippen LogP contribution >= 0.6 is 0 Å². The number of nitrogens with one attached hydrogen (secondary N) is 1. The highest BCUT2D eigenvalue weighted by molar-refractivity contribution is 7.89. The summed E-state index contributed by atoms with van der Waals surface area (Å²) < 4.78 is 26.7. The fourth-order valence-corrected chi connectivity index (χ4v) is 5.17. The molecular weight excluding hydrogens is 274 g/mol. The molecule has 116 valence electrons. The van der Waals surface area contributed by atoms with Gasteiger partial charge in [-0.3, -0.25) is 0 Å². The molecule has 0 aromatic carbocycles. The Morgan fingerprint density at radius 3 is 2.15 bits per heavy atom. The van der Waals surface area contributed by atoms with Gasteiger partial charge >= 0.3 is 0 Å². The number of sulfonamides is 1. The van der Waals surface area contributed by atoms with Gasteiger partial charge in [0.1, 0.15) is 0 Å². The number of piperazine rings is 1. The molecule has 20 heavy (non-hydrogen) atoms. The number of hydrogen-bond acceptors (Lipinski definition) is 4. The maximum atomic E-state index is 12.5. The predicted octanol–water partition coefficient (Wildman–Crippen LogP) is 0.343. The van der Waals surface area contributed by atoms with Gasteiger partial charge in [-0.1, -0.05) is 0 Å². The van der Waals surface area contributed by atoms with Gasteiger partial charge in [-0.2, -0.15) is 4.31 Å². The Balaban J connectivity index is 1.47. The first kappa shape index (κ1) is 14.8. The summed E-state index contributed by atoms with van der Waals surface area (Å²) >= 11 is 0. The zero-order valence-corrected chi connectivity index (χ0v) is 13.1. The van der Waals surface area contributed by atoms with E-state index in [1.165, 1.54) is 19.4 Å². The van der Waals surface area contributed by atoms with Crippen LogP contribution in [0.15, 0.2) is 0 Å². The van der Waals surface area contributed by atoms with E-state index in [0.717, 1.165) is 44.9 Å². The molecule has 0 amide bonds. The molecule has 1 saturated carbocycles. The summed E-state index contributed by atoms with van der Waals surface area (Å²) in [5.74, 6) is 1.61. The Bertz CT molecular complexity index is 408. The highest BCUT2D eigenvalue weighted by Crippen LogP contribution is 2.30. The van der Waals surface area contributed by atoms with E-state index in [1.54, 1.807) is 4.31 Å². The van der Waals surface area contributed by atoms with Crippen molar-refractivity contribution in [2.45, 2.75) is 25.7 Å². The van der Waals surface area contributed by atoms with Crippen molar-refractivity contribution in [3.05, 3.63) is 0 Å². The second kappa shape index (κ2) is 6.30. The molecule has 1 N–H and O–H groups in total. The molecule has 3 aliphatic rings. The molecule has 0 atom stereocenters. The Kier molecular flexibility index (Phi) is 4.65. The van der Waals surface area contributed by atoms with Crippen LogP contribution < -0.4 is 5.32 Å². The Morgan fingerprint density at radius 1 is 0.900 bits per heavy atom. The normalized spacial score (nSPS) is 27.8. The SMILES string of the molecule is O=S(=O)(CC1CCNCC1)N1CCN(CC2CC2)CC1. The topological polar surface area (TPSA) is 52.7 Å². The van der Waals surface area contributed by atoms with Crippen molar-refractivity contribution in [1.29, 1.82) is 0 Å². The minimum Gasteiger partial charge on any atom is -0.317 e. The highest BCUT2D eigenvalue weighted by Gasteiger charge is 2.31. The third-order valence-corrected chi connectivity index (χ3v) is 6.89. The summed E-state index contributed by atoms with van der Waals surface area (Å²) in [6.45, 7) is 6.34. The highest BCUT2D eigenvalue weighted by atomic mass is 32.2. The third kappa shape index (κ3) is 3.93. The third-order valence-electron chi connectivity index (χ3n) is 4.84. The first-order valence-corrected chi connectivity index (χ1v) is 9.65. The molecule has 3 rings (SSSR count). The van der Waals surface area contributed by atoms with E-state index in [4.69, 9.17) is 0 Å². The van der Waals surface area contributed by atoms with Gasteiger partial charge in [0, 0.05) is 32.7 Å². The van der Waals surface area contributed by atoms with Crippen LogP contribution in [0.5, 0.6) is 0 Å². The lowest BCUT2D eigenvalue weighted by molar-refractivity contribution is 0.181. The molecule has 0 bridgehead atoms. The van der Waals surface area contributed by atoms with E-state index in [9.17, 15) is 8.42 Å². The summed E-state index contributed by atoms with van der Waals surface area (Å²) in [6.07, 6.45) is 4.74. The van der Waals surface area contributed by atoms with Crippen LogP contribution in [0.4, 0.5) is 0 Å². The van der Waals surface area contributed by atoms with Crippen LogP contribution in [-0.4, -0.2) is 69.2 Å². The number of piperidine rings is 1. The molecular formula is C14H27N3O2S. The van der Waals surface area contributed by atoms with Crippen molar-refractivity contribution >= 4 is 10.0 Å². The van der Waals surface area contributed by atoms with Crippen LogP contribution in [0.3, 0.4) is 0 Å². The van der Waals surface area contributed by atoms with Crippen molar-refractivity contribution in [2.24, 2.45) is 11.8 Å². The maximum absolute atomic E-state index is 12.5. The molecule has 0 aromatic rings. The standard InChI is InChI=1S/C14H27N3O2S/c18-20(19,12-14-3-5-15-6-4-14)17-9-7-16(8-10-17)11-13-1-2-13/h13-15H,1-12H2. The molecule has 0 radical (unpaired) electrons. The summed E-state index contributed by atoms with van der Waals surface area (Å²) in [5.41, 5.74) is 0. The summed E-state index contributed by atoms with van der Waals surface area (Å²) in [5, 5.41) is 3.29. The first-order chi connectivity index (χ1) is 9.63. The summed E-state index contributed by atoms with van der Waals surface area (Å²) in [4.78, 5) is 2.44. The van der Waals surface area contributed by atoms with Gasteiger partial charge in [-0.05, 0) is 50.6 Å². The predicted molar refractivity (Wildman–Crippen MR) is 80.1 cm³/mol. The van der Waals surface area contributed by atoms with E-state index in [1.807, 2.05) is 0 Å². The molecule has 1 aliphatic carbocycles. The second-order valence-electron chi connectivity index (χ2n) is 6.61. The van der Waals surface area contributed by atoms with Crippen molar-refractivity contribution < 1.29 is 8.42 Å². The van der Waals surface area contributed by atoms with Crippen LogP contribution in [0, 0.1) is 11.8 Å². The van der Waals surface area contributed by atoms with E-state index in [0.29, 0.717) is 24.8 Å². The lowest BCUT2D eigenvalue weighted by Gasteiger charge is -2.35. The van der Waals surface area contributed by atoms with Crippen LogP contribution in [0.2, 0.25) is 0 Å². The van der Waals surface area contributed by atoms with E-state index in [-0.39, 0.29) is 0 Å². The van der Waals surface area contributed by atoms with Crippen LogP contribution in [0.1, 0.15) is 25.7 Å². The molecule has 0 unspecified atom stereocenters. The van der Waals surface area contributed by atoms with Crippen molar-refractivity contribution in [1.82, 2.24) is 14.5 Å². The molecule has 2 heterocycles. The zero-order chi connectivity index (χ0) is 14.0. The molecule has 2 saturated heterocycles. The van der Waals surface area contributed by atoms with Gasteiger partial charge in [-0.25, -0.2) is 8.42 Å². The molecule has 6 heteroatoms. The second-order valence-corrected chi connectivity index (χ2v) is 8.63. The number of rotatable bonds is 5. The van der Waals surface area contributed by atoms with Gasteiger partial charge in [0.05, 0.1) is 5.75 Å². The van der Waals surface area contributed by atoms with E-state index < -0.39 is 10.0 Å². The zero-order valence-electron chi connectivity index (χ0n) is 12.3. The van der Waals surface area contributed by atoms with Crippen molar-refractivity contribution in [3.8, 4) is 0 Å². The summed E-state index contributed by atoms with van der Waals surface area (Å²) in [7, 11) is -3.04. The molecule has 0 aromatic heterocycles. The van der Waals surface area contributed by atoms with Gasteiger partial charge in [-0.15, -0.1) is 0 Å². The van der Waals surface area contributed by atoms with Gasteiger partial charge in [0.15, 0.2) is 0 Å². The molecule has 2 aliphatic heterocycles. The van der Waals surface area contributed by atoms with Crippen LogP contribution in [0.25, 0.3) is 0 Å². The lowest BCUT2D eigenvalue weighted by Crippen LogP contribution is -2.50. The monoisotopic (exact) mass is 301 g/mol. The maximum Gasteiger partial charge on any atom is 0.214 e. The van der Waals surface area contributed by atoms with Crippen molar-refractivity contribution in [2.75, 3.05) is 51.6 Å². The van der Waals surface area contributed by atoms with E-state index in [2.05, 4.69) is 10.2 Å². The van der Waals surface area contributed by atoms with Crippen LogP contribution in [-0.2, 0) is 10.0 Å². The Labute approximate surface area is 122 Å². The minimum atomic E-state index is -3.04. The Hall–Kier alpha value is -0.170. The van der Waals surface area contributed by atoms with Gasteiger partial charge in [0.25, 0.3) is 0 Å². The number of nitrogens with zero attached hydrogens (tertiary/aromatic N) is 2. The quantitative estimate of drug-likeness (QED) is 0.796.